The molecule has 0 aliphatic rings. The van der Waals surface area contributed by atoms with Gasteiger partial charge in [-0.1, -0.05) is 18.2 Å². The molecule has 0 saturated heterocycles. The lowest BCUT2D eigenvalue weighted by atomic mass is 10.2. The molecule has 0 atom stereocenters. The molecule has 0 saturated carbocycles. The summed E-state index contributed by atoms with van der Waals surface area (Å²) < 4.78 is 0. The summed E-state index contributed by atoms with van der Waals surface area (Å²) in [5, 5.41) is 22.5. The van der Waals surface area contributed by atoms with Crippen LogP contribution < -0.4 is 16.2 Å². The number of nitro benzene ring substituents is 1. The predicted molar refractivity (Wildman–Crippen MR) is 89.1 cm³/mol. The van der Waals surface area contributed by atoms with Crippen molar-refractivity contribution in [3.63, 3.8) is 0 Å². The van der Waals surface area contributed by atoms with Crippen molar-refractivity contribution >= 4 is 23.4 Å². The van der Waals surface area contributed by atoms with E-state index in [2.05, 4.69) is 16.2 Å². The zero-order valence-corrected chi connectivity index (χ0v) is 13.3. The fourth-order valence-electron chi connectivity index (χ4n) is 1.93. The molecule has 0 heterocycles. The highest BCUT2D eigenvalue weighted by Gasteiger charge is 2.14. The molecule has 134 valence electrons. The molecule has 0 spiro atoms. The average molecular weight is 358 g/mol. The van der Waals surface area contributed by atoms with Crippen LogP contribution in [0.5, 0.6) is 5.75 Å². The number of hydrogen-bond acceptors (Lipinski definition) is 6. The Hall–Kier alpha value is -3.95. The van der Waals surface area contributed by atoms with E-state index in [1.54, 1.807) is 0 Å². The van der Waals surface area contributed by atoms with E-state index in [-0.39, 0.29) is 22.6 Å². The largest absolute Gasteiger partial charge is 0.507 e. The van der Waals surface area contributed by atoms with Crippen molar-refractivity contribution in [2.24, 2.45) is 0 Å². The quantitative estimate of drug-likeness (QED) is 0.451. The number of carbonyl (C=O) groups is 3. The molecule has 2 aromatic carbocycles. The normalized spacial score (nSPS) is 9.85. The van der Waals surface area contributed by atoms with Crippen LogP contribution in [0.1, 0.15) is 20.7 Å². The minimum atomic E-state index is -0.735. The van der Waals surface area contributed by atoms with Crippen LogP contribution >= 0.6 is 0 Å². The van der Waals surface area contributed by atoms with Gasteiger partial charge in [0.25, 0.3) is 23.4 Å². The summed E-state index contributed by atoms with van der Waals surface area (Å²) in [6.07, 6.45) is 0. The molecule has 0 aliphatic heterocycles. The fourth-order valence-corrected chi connectivity index (χ4v) is 1.93. The number of non-ortho nitro benzene ring substituents is 1. The zero-order valence-electron chi connectivity index (χ0n) is 13.3. The summed E-state index contributed by atoms with van der Waals surface area (Å²) in [5.74, 6) is -2.40. The number of rotatable bonds is 5. The van der Waals surface area contributed by atoms with E-state index in [0.29, 0.717) is 0 Å². The van der Waals surface area contributed by atoms with Crippen molar-refractivity contribution in [1.29, 1.82) is 0 Å². The smallest absolute Gasteiger partial charge is 0.273 e. The van der Waals surface area contributed by atoms with Gasteiger partial charge >= 0.3 is 0 Å². The molecule has 4 N–H and O–H groups in total. The van der Waals surface area contributed by atoms with Gasteiger partial charge in [0, 0.05) is 17.7 Å². The Morgan fingerprint density at radius 3 is 2.42 bits per heavy atom. The van der Waals surface area contributed by atoms with Gasteiger partial charge in [0.05, 0.1) is 17.0 Å². The maximum atomic E-state index is 11.9. The second-order valence-corrected chi connectivity index (χ2v) is 5.01. The molecular weight excluding hydrogens is 344 g/mol. The second kappa shape index (κ2) is 8.24. The Labute approximate surface area is 146 Å². The van der Waals surface area contributed by atoms with Crippen molar-refractivity contribution in [2.45, 2.75) is 0 Å². The standard InChI is InChI=1S/C16H14N4O6/c21-13-7-2-1-6-12(13)16(24)19-18-14(22)9-17-15(23)10-4-3-5-11(8-10)20(25)26/h1-8,21H,9H2,(H,17,23)(H,18,22)(H,19,24). The summed E-state index contributed by atoms with van der Waals surface area (Å²) in [5.41, 5.74) is 3.89. The first kappa shape index (κ1) is 18.4. The number of aromatic hydroxyl groups is 1. The number of para-hydroxylation sites is 1. The molecule has 26 heavy (non-hydrogen) atoms. The summed E-state index contributed by atoms with van der Waals surface area (Å²) in [6.45, 7) is -0.470. The number of nitrogens with one attached hydrogen (secondary N) is 3. The van der Waals surface area contributed by atoms with Crippen LogP contribution in [-0.2, 0) is 4.79 Å². The third-order valence-electron chi connectivity index (χ3n) is 3.19. The van der Waals surface area contributed by atoms with Gasteiger partial charge in [-0.05, 0) is 18.2 Å². The Bertz CT molecular complexity index is 867. The maximum Gasteiger partial charge on any atom is 0.273 e. The van der Waals surface area contributed by atoms with Gasteiger partial charge in [-0.3, -0.25) is 35.3 Å². The van der Waals surface area contributed by atoms with Crippen LogP contribution in [0.3, 0.4) is 0 Å². The highest BCUT2D eigenvalue weighted by molar-refractivity contribution is 5.99. The number of phenols is 1. The van der Waals surface area contributed by atoms with Crippen LogP contribution in [-0.4, -0.2) is 34.3 Å². The van der Waals surface area contributed by atoms with Crippen molar-refractivity contribution < 1.29 is 24.4 Å². The number of hydrogen-bond donors (Lipinski definition) is 4. The molecule has 2 aromatic rings. The first-order chi connectivity index (χ1) is 12.4. The summed E-state index contributed by atoms with van der Waals surface area (Å²) in [4.78, 5) is 45.4. The highest BCUT2D eigenvalue weighted by Crippen LogP contribution is 2.14. The Kier molecular flexibility index (Phi) is 5.83. The molecule has 0 aliphatic carbocycles. The topological polar surface area (TPSA) is 151 Å². The van der Waals surface area contributed by atoms with Gasteiger partial charge in [0.2, 0.25) is 0 Å². The minimum absolute atomic E-state index is 0.0187. The first-order valence-electron chi connectivity index (χ1n) is 7.28. The lowest BCUT2D eigenvalue weighted by Crippen LogP contribution is -2.46. The third kappa shape index (κ3) is 4.77. The van der Waals surface area contributed by atoms with Crippen LogP contribution in [0.2, 0.25) is 0 Å². The number of carbonyl (C=O) groups excluding carboxylic acids is 3. The number of benzene rings is 2. The van der Waals surface area contributed by atoms with E-state index in [0.717, 1.165) is 6.07 Å². The van der Waals surface area contributed by atoms with Crippen molar-refractivity contribution in [1.82, 2.24) is 16.2 Å². The second-order valence-electron chi connectivity index (χ2n) is 5.01. The predicted octanol–water partition coefficient (Wildman–Crippen LogP) is 0.491. The number of hydrazine groups is 1. The highest BCUT2D eigenvalue weighted by atomic mass is 16.6. The number of nitrogens with zero attached hydrogens (tertiary/aromatic N) is 1. The van der Waals surface area contributed by atoms with Gasteiger partial charge in [-0.2, -0.15) is 0 Å². The van der Waals surface area contributed by atoms with Crippen LogP contribution in [0, 0.1) is 10.1 Å². The van der Waals surface area contributed by atoms with Gasteiger partial charge < -0.3 is 10.4 Å². The van der Waals surface area contributed by atoms with E-state index < -0.39 is 29.2 Å². The van der Waals surface area contributed by atoms with E-state index in [4.69, 9.17) is 0 Å². The SMILES string of the molecule is O=C(CNC(=O)c1cccc([N+](=O)[O-])c1)NNC(=O)c1ccccc1O. The fraction of sp³-hybridized carbons (Fsp3) is 0.0625. The molecule has 3 amide bonds. The van der Waals surface area contributed by atoms with Crippen molar-refractivity contribution in [2.75, 3.05) is 6.54 Å². The Morgan fingerprint density at radius 1 is 1.00 bits per heavy atom. The van der Waals surface area contributed by atoms with E-state index in [1.807, 2.05) is 0 Å². The molecule has 0 fully saturated rings. The lowest BCUT2D eigenvalue weighted by molar-refractivity contribution is -0.384. The third-order valence-corrected chi connectivity index (χ3v) is 3.19. The maximum absolute atomic E-state index is 11.9. The first-order valence-corrected chi connectivity index (χ1v) is 7.28. The Balaban J connectivity index is 1.84. The van der Waals surface area contributed by atoms with Crippen molar-refractivity contribution in [3.05, 3.63) is 69.8 Å². The molecular formula is C16H14N4O6. The van der Waals surface area contributed by atoms with E-state index in [1.165, 1.54) is 42.5 Å². The van der Waals surface area contributed by atoms with Gasteiger partial charge in [0.1, 0.15) is 5.75 Å². The molecule has 0 bridgehead atoms. The van der Waals surface area contributed by atoms with E-state index in [9.17, 15) is 29.6 Å². The monoisotopic (exact) mass is 358 g/mol. The van der Waals surface area contributed by atoms with E-state index >= 15 is 0 Å². The number of amides is 3. The molecule has 0 aromatic heterocycles. The molecule has 2 rings (SSSR count). The van der Waals surface area contributed by atoms with Gasteiger partial charge in [0.15, 0.2) is 0 Å². The van der Waals surface area contributed by atoms with Crippen molar-refractivity contribution in [3.8, 4) is 5.75 Å². The number of nitro groups is 1. The lowest BCUT2D eigenvalue weighted by Gasteiger charge is -2.09. The molecule has 10 heteroatoms. The Morgan fingerprint density at radius 2 is 1.73 bits per heavy atom. The summed E-state index contributed by atoms with van der Waals surface area (Å²) in [6, 6.07) is 10.8. The summed E-state index contributed by atoms with van der Waals surface area (Å²) >= 11 is 0. The number of phenolic OH excluding ortho intramolecular Hbond substituents is 1. The van der Waals surface area contributed by atoms with Crippen LogP contribution in [0.4, 0.5) is 5.69 Å². The van der Waals surface area contributed by atoms with Crippen LogP contribution in [0.25, 0.3) is 0 Å². The zero-order chi connectivity index (χ0) is 19.1. The van der Waals surface area contributed by atoms with Crippen LogP contribution in [0.15, 0.2) is 48.5 Å². The average Bonchev–Trinajstić information content (AvgIpc) is 2.64. The minimum Gasteiger partial charge on any atom is -0.507 e. The molecule has 10 nitrogen and oxygen atoms in total. The molecule has 0 unspecified atom stereocenters. The molecule has 0 radical (unpaired) electrons. The summed E-state index contributed by atoms with van der Waals surface area (Å²) in [7, 11) is 0. The van der Waals surface area contributed by atoms with Gasteiger partial charge in [-0.15, -0.1) is 0 Å². The van der Waals surface area contributed by atoms with Gasteiger partial charge in [-0.25, -0.2) is 0 Å².